The molecule has 0 aliphatic heterocycles. The molecule has 2 N–H and O–H groups in total. The van der Waals surface area contributed by atoms with Gasteiger partial charge < -0.3 is 19.9 Å². The Hall–Kier alpha value is -4.33. The van der Waals surface area contributed by atoms with Crippen LogP contribution in [-0.2, 0) is 4.74 Å². The molecule has 0 saturated heterocycles. The predicted octanol–water partition coefficient (Wildman–Crippen LogP) is 6.55. The molecule has 2 aromatic heterocycles. The molecule has 0 bridgehead atoms. The van der Waals surface area contributed by atoms with Gasteiger partial charge in [0.2, 0.25) is 5.88 Å². The molecule has 0 radical (unpaired) electrons. The van der Waals surface area contributed by atoms with Crippen LogP contribution in [0.3, 0.4) is 0 Å². The average molecular weight is 528 g/mol. The Balaban J connectivity index is 1.53. The van der Waals surface area contributed by atoms with Crippen molar-refractivity contribution in [2.24, 2.45) is 0 Å². The quantitative estimate of drug-likeness (QED) is 0.269. The summed E-state index contributed by atoms with van der Waals surface area (Å²) in [5.74, 6) is -0.485. The van der Waals surface area contributed by atoms with Crippen LogP contribution < -0.4 is 10.1 Å². The van der Waals surface area contributed by atoms with E-state index in [4.69, 9.17) is 9.47 Å². The van der Waals surface area contributed by atoms with E-state index < -0.39 is 18.2 Å². The minimum absolute atomic E-state index is 0.109. The van der Waals surface area contributed by atoms with Crippen LogP contribution in [-0.4, -0.2) is 39.2 Å². The van der Waals surface area contributed by atoms with Crippen molar-refractivity contribution in [1.82, 2.24) is 14.7 Å². The SMILES string of the molecule is CCOc1cn2c(C(OC(=O)NC3CCCCC3)c3ccc(-c4ccccc4C(=O)O)cc3)ccc(C)c2n1. The van der Waals surface area contributed by atoms with Gasteiger partial charge in [-0.25, -0.2) is 9.59 Å². The minimum atomic E-state index is -0.984. The Labute approximate surface area is 227 Å². The summed E-state index contributed by atoms with van der Waals surface area (Å²) in [6.45, 7) is 4.37. The number of carbonyl (C=O) groups is 2. The van der Waals surface area contributed by atoms with Crippen LogP contribution in [0.2, 0.25) is 0 Å². The second-order valence-corrected chi connectivity index (χ2v) is 9.88. The smallest absolute Gasteiger partial charge is 0.408 e. The van der Waals surface area contributed by atoms with Crippen molar-refractivity contribution in [2.45, 2.75) is 58.1 Å². The molecule has 1 aliphatic rings. The van der Waals surface area contributed by atoms with Gasteiger partial charge in [0.15, 0.2) is 6.10 Å². The van der Waals surface area contributed by atoms with Gasteiger partial charge in [-0.2, -0.15) is 4.98 Å². The Bertz CT molecular complexity index is 1470. The largest absolute Gasteiger partial charge is 0.478 e. The van der Waals surface area contributed by atoms with Crippen LogP contribution >= 0.6 is 0 Å². The van der Waals surface area contributed by atoms with Crippen LogP contribution in [0, 0.1) is 6.92 Å². The standard InChI is InChI=1S/C31H33N3O5/c1-3-38-27-19-34-26(18-13-20(2)29(34)33-27)28(39-31(37)32-23-9-5-4-6-10-23)22-16-14-21(15-17-22)24-11-7-8-12-25(24)30(35)36/h7-8,11-19,23,28H,3-6,9-10H2,1-2H3,(H,32,37)(H,35,36). The van der Waals surface area contributed by atoms with E-state index in [1.807, 2.05) is 66.9 Å². The van der Waals surface area contributed by atoms with Crippen molar-refractivity contribution in [3.8, 4) is 17.0 Å². The molecular formula is C31H33N3O5. The fourth-order valence-electron chi connectivity index (χ4n) is 5.24. The highest BCUT2D eigenvalue weighted by Gasteiger charge is 2.25. The number of carbonyl (C=O) groups excluding carboxylic acids is 1. The summed E-state index contributed by atoms with van der Waals surface area (Å²) in [7, 11) is 0. The molecule has 1 unspecified atom stereocenters. The lowest BCUT2D eigenvalue weighted by atomic mass is 9.96. The molecule has 39 heavy (non-hydrogen) atoms. The lowest BCUT2D eigenvalue weighted by Gasteiger charge is -2.25. The number of nitrogens with one attached hydrogen (secondary N) is 1. The maximum atomic E-state index is 13.1. The monoisotopic (exact) mass is 527 g/mol. The number of hydrogen-bond donors (Lipinski definition) is 2. The number of rotatable bonds is 8. The van der Waals surface area contributed by atoms with Gasteiger partial charge in [-0.15, -0.1) is 0 Å². The van der Waals surface area contributed by atoms with Crippen molar-refractivity contribution >= 4 is 17.7 Å². The van der Waals surface area contributed by atoms with Crippen LogP contribution in [0.25, 0.3) is 16.8 Å². The van der Waals surface area contributed by atoms with Crippen molar-refractivity contribution in [3.05, 3.63) is 89.2 Å². The van der Waals surface area contributed by atoms with Gasteiger partial charge in [-0.3, -0.25) is 4.40 Å². The number of nitrogens with zero attached hydrogens (tertiary/aromatic N) is 2. The van der Waals surface area contributed by atoms with Crippen LogP contribution in [0.15, 0.2) is 66.9 Å². The molecule has 5 rings (SSSR count). The molecule has 2 heterocycles. The number of benzene rings is 2. The molecule has 1 saturated carbocycles. The zero-order valence-corrected chi connectivity index (χ0v) is 22.2. The van der Waals surface area contributed by atoms with E-state index in [1.165, 1.54) is 6.42 Å². The lowest BCUT2D eigenvalue weighted by Crippen LogP contribution is -2.37. The number of imidazole rings is 1. The molecule has 202 valence electrons. The van der Waals surface area contributed by atoms with Gasteiger partial charge in [0.05, 0.1) is 24.1 Å². The van der Waals surface area contributed by atoms with E-state index >= 15 is 0 Å². The Morgan fingerprint density at radius 3 is 2.51 bits per heavy atom. The van der Waals surface area contributed by atoms with Gasteiger partial charge in [0.1, 0.15) is 5.65 Å². The number of fused-ring (bicyclic) bond motifs is 1. The van der Waals surface area contributed by atoms with E-state index in [2.05, 4.69) is 10.3 Å². The average Bonchev–Trinajstić information content (AvgIpc) is 3.38. The first-order chi connectivity index (χ1) is 18.9. The highest BCUT2D eigenvalue weighted by molar-refractivity contribution is 5.96. The molecule has 1 aliphatic carbocycles. The number of pyridine rings is 1. The molecule has 1 amide bonds. The summed E-state index contributed by atoms with van der Waals surface area (Å²) >= 11 is 0. The van der Waals surface area contributed by atoms with Crippen molar-refractivity contribution < 1.29 is 24.2 Å². The molecule has 2 aromatic carbocycles. The topological polar surface area (TPSA) is 102 Å². The maximum Gasteiger partial charge on any atom is 0.408 e. The number of aryl methyl sites for hydroxylation is 1. The molecule has 1 atom stereocenters. The van der Waals surface area contributed by atoms with Gasteiger partial charge in [0, 0.05) is 6.04 Å². The number of carboxylic acid groups (broad SMARTS) is 1. The summed E-state index contributed by atoms with van der Waals surface area (Å²) in [6, 6.07) is 18.4. The summed E-state index contributed by atoms with van der Waals surface area (Å²) in [5.41, 5.74) is 4.79. The van der Waals surface area contributed by atoms with Crippen LogP contribution in [0.4, 0.5) is 4.79 Å². The normalized spacial score (nSPS) is 14.6. The highest BCUT2D eigenvalue weighted by atomic mass is 16.6. The zero-order valence-electron chi connectivity index (χ0n) is 22.2. The summed E-state index contributed by atoms with van der Waals surface area (Å²) in [5, 5.41) is 12.7. The van der Waals surface area contributed by atoms with E-state index in [1.54, 1.807) is 18.2 Å². The Morgan fingerprint density at radius 2 is 1.79 bits per heavy atom. The first-order valence-corrected chi connectivity index (χ1v) is 13.5. The number of hydrogen-bond acceptors (Lipinski definition) is 5. The second-order valence-electron chi connectivity index (χ2n) is 9.88. The van der Waals surface area contributed by atoms with Gasteiger partial charge in [-0.05, 0) is 61.1 Å². The third-order valence-electron chi connectivity index (χ3n) is 7.21. The zero-order chi connectivity index (χ0) is 27.4. The molecule has 4 aromatic rings. The van der Waals surface area contributed by atoms with E-state index in [0.717, 1.165) is 53.7 Å². The van der Waals surface area contributed by atoms with E-state index in [-0.39, 0.29) is 11.6 Å². The maximum absolute atomic E-state index is 13.1. The van der Waals surface area contributed by atoms with E-state index in [9.17, 15) is 14.7 Å². The van der Waals surface area contributed by atoms with Crippen LogP contribution in [0.1, 0.15) is 72.3 Å². The van der Waals surface area contributed by atoms with E-state index in [0.29, 0.717) is 18.1 Å². The second kappa shape index (κ2) is 11.6. The number of ether oxygens (including phenoxy) is 2. The first kappa shape index (κ1) is 26.3. The molecule has 8 nitrogen and oxygen atoms in total. The Kier molecular flexibility index (Phi) is 7.81. The van der Waals surface area contributed by atoms with Gasteiger partial charge in [0.25, 0.3) is 0 Å². The van der Waals surface area contributed by atoms with Crippen molar-refractivity contribution in [3.63, 3.8) is 0 Å². The fourth-order valence-corrected chi connectivity index (χ4v) is 5.24. The van der Waals surface area contributed by atoms with Gasteiger partial charge >= 0.3 is 12.1 Å². The number of alkyl carbamates (subject to hydrolysis) is 1. The number of aromatic carboxylic acids is 1. The molecular weight excluding hydrogens is 494 g/mol. The minimum Gasteiger partial charge on any atom is -0.478 e. The summed E-state index contributed by atoms with van der Waals surface area (Å²) in [6.07, 6.45) is 5.90. The molecule has 0 spiro atoms. The number of amides is 1. The fraction of sp³-hybridized carbons (Fsp3) is 0.323. The third kappa shape index (κ3) is 5.74. The predicted molar refractivity (Wildman–Crippen MR) is 148 cm³/mol. The highest BCUT2D eigenvalue weighted by Crippen LogP contribution is 2.32. The number of aromatic nitrogens is 2. The first-order valence-electron chi connectivity index (χ1n) is 13.5. The van der Waals surface area contributed by atoms with Crippen molar-refractivity contribution in [2.75, 3.05) is 6.61 Å². The third-order valence-corrected chi connectivity index (χ3v) is 7.21. The summed E-state index contributed by atoms with van der Waals surface area (Å²) < 4.78 is 13.7. The number of carboxylic acids is 1. The van der Waals surface area contributed by atoms with Gasteiger partial charge in [-0.1, -0.05) is 67.8 Å². The summed E-state index contributed by atoms with van der Waals surface area (Å²) in [4.78, 5) is 29.5. The molecule has 1 fully saturated rings. The Morgan fingerprint density at radius 1 is 1.05 bits per heavy atom. The lowest BCUT2D eigenvalue weighted by molar-refractivity contribution is 0.0697. The molecule has 8 heteroatoms. The van der Waals surface area contributed by atoms with Crippen molar-refractivity contribution in [1.29, 1.82) is 0 Å². The van der Waals surface area contributed by atoms with Crippen LogP contribution in [0.5, 0.6) is 5.88 Å².